The van der Waals surface area contributed by atoms with Crippen molar-refractivity contribution in [1.82, 2.24) is 4.90 Å². The molecule has 2 rings (SSSR count). The molecule has 8 heteroatoms. The number of benzene rings is 1. The molecule has 0 atom stereocenters. The number of carbonyl (C=O) groups is 2. The van der Waals surface area contributed by atoms with Gasteiger partial charge in [-0.1, -0.05) is 37.0 Å². The highest BCUT2D eigenvalue weighted by molar-refractivity contribution is 8.26. The number of thiocarbonyl (C=S) groups is 1. The third-order valence-electron chi connectivity index (χ3n) is 3.48. The van der Waals surface area contributed by atoms with Crippen molar-refractivity contribution in [3.8, 4) is 11.5 Å². The predicted octanol–water partition coefficient (Wildman–Crippen LogP) is 3.64. The molecule has 1 aliphatic heterocycles. The first-order chi connectivity index (χ1) is 12.8. The van der Waals surface area contributed by atoms with Gasteiger partial charge in [0.1, 0.15) is 10.9 Å². The molecule has 0 aliphatic carbocycles. The maximum atomic E-state index is 12.6. The highest BCUT2D eigenvalue weighted by Gasteiger charge is 2.33. The van der Waals surface area contributed by atoms with Crippen LogP contribution in [0.5, 0.6) is 11.5 Å². The van der Waals surface area contributed by atoms with Gasteiger partial charge in [0.05, 0.1) is 24.7 Å². The van der Waals surface area contributed by atoms with E-state index < -0.39 is 5.97 Å². The number of amides is 1. The summed E-state index contributed by atoms with van der Waals surface area (Å²) < 4.78 is 16.4. The standard InChI is InChI=1S/C19H23NO5S2/c1-5-8-24-17(21)11-20-18(22)16(27-19(20)26)10-13-6-7-14(25-12(2)3)15(9-13)23-4/h6-7,9-10,12H,5,8,11H2,1-4H3. The van der Waals surface area contributed by atoms with Crippen molar-refractivity contribution in [3.05, 3.63) is 28.7 Å². The first-order valence-electron chi connectivity index (χ1n) is 8.61. The van der Waals surface area contributed by atoms with Crippen LogP contribution >= 0.6 is 24.0 Å². The Labute approximate surface area is 168 Å². The molecule has 1 amide bonds. The molecule has 0 aromatic heterocycles. The average molecular weight is 410 g/mol. The molecule has 1 heterocycles. The van der Waals surface area contributed by atoms with Crippen molar-refractivity contribution in [1.29, 1.82) is 0 Å². The van der Waals surface area contributed by atoms with Gasteiger partial charge in [0, 0.05) is 0 Å². The van der Waals surface area contributed by atoms with E-state index in [1.165, 1.54) is 4.90 Å². The van der Waals surface area contributed by atoms with Crippen LogP contribution in [0.25, 0.3) is 6.08 Å². The lowest BCUT2D eigenvalue weighted by atomic mass is 10.2. The number of methoxy groups -OCH3 is 1. The summed E-state index contributed by atoms with van der Waals surface area (Å²) in [6.45, 7) is 5.93. The Morgan fingerprint density at radius 3 is 2.70 bits per heavy atom. The maximum Gasteiger partial charge on any atom is 0.326 e. The lowest BCUT2D eigenvalue weighted by Crippen LogP contribution is -2.34. The van der Waals surface area contributed by atoms with Crippen molar-refractivity contribution in [2.45, 2.75) is 33.3 Å². The second kappa shape index (κ2) is 9.75. The Morgan fingerprint density at radius 1 is 1.33 bits per heavy atom. The summed E-state index contributed by atoms with van der Waals surface area (Å²) in [6.07, 6.45) is 2.47. The molecule has 6 nitrogen and oxygen atoms in total. The molecule has 1 aliphatic rings. The fourth-order valence-corrected chi connectivity index (χ4v) is 3.56. The second-order valence-electron chi connectivity index (χ2n) is 6.07. The molecule has 0 bridgehead atoms. The van der Waals surface area contributed by atoms with Gasteiger partial charge in [0.25, 0.3) is 5.91 Å². The fourth-order valence-electron chi connectivity index (χ4n) is 2.30. The summed E-state index contributed by atoms with van der Waals surface area (Å²) in [6, 6.07) is 5.43. The van der Waals surface area contributed by atoms with Crippen molar-refractivity contribution >= 4 is 46.3 Å². The van der Waals surface area contributed by atoms with E-state index in [1.54, 1.807) is 25.3 Å². The van der Waals surface area contributed by atoms with E-state index in [-0.39, 0.29) is 18.6 Å². The largest absolute Gasteiger partial charge is 0.493 e. The van der Waals surface area contributed by atoms with E-state index >= 15 is 0 Å². The smallest absolute Gasteiger partial charge is 0.326 e. The summed E-state index contributed by atoms with van der Waals surface area (Å²) >= 11 is 6.39. The summed E-state index contributed by atoms with van der Waals surface area (Å²) in [5.74, 6) is 0.443. The Bertz CT molecular complexity index is 760. The first kappa shape index (κ1) is 21.2. The monoisotopic (exact) mass is 409 g/mol. The van der Waals surface area contributed by atoms with Crippen LogP contribution in [-0.4, -0.2) is 47.5 Å². The summed E-state index contributed by atoms with van der Waals surface area (Å²) in [7, 11) is 1.56. The Hall–Kier alpha value is -2.06. The van der Waals surface area contributed by atoms with Gasteiger partial charge in [0.2, 0.25) is 0 Å². The SMILES string of the molecule is CCCOC(=O)CN1C(=O)C(=Cc2ccc(OC(C)C)c(OC)c2)SC1=S. The minimum Gasteiger partial charge on any atom is -0.493 e. The molecule has 1 aromatic carbocycles. The molecular weight excluding hydrogens is 386 g/mol. The van der Waals surface area contributed by atoms with E-state index in [4.69, 9.17) is 26.4 Å². The molecule has 1 fully saturated rings. The van der Waals surface area contributed by atoms with E-state index in [1.807, 2.05) is 26.8 Å². The van der Waals surface area contributed by atoms with Crippen LogP contribution < -0.4 is 9.47 Å². The fraction of sp³-hybridized carbons (Fsp3) is 0.421. The van der Waals surface area contributed by atoms with E-state index in [2.05, 4.69) is 0 Å². The van der Waals surface area contributed by atoms with Gasteiger partial charge in [-0.25, -0.2) is 0 Å². The number of nitrogens with zero attached hydrogens (tertiary/aromatic N) is 1. The highest BCUT2D eigenvalue weighted by atomic mass is 32.2. The quantitative estimate of drug-likeness (QED) is 0.369. The van der Waals surface area contributed by atoms with Gasteiger partial charge < -0.3 is 14.2 Å². The molecule has 0 spiro atoms. The highest BCUT2D eigenvalue weighted by Crippen LogP contribution is 2.35. The minimum atomic E-state index is -0.466. The zero-order valence-electron chi connectivity index (χ0n) is 15.8. The van der Waals surface area contributed by atoms with E-state index in [0.29, 0.717) is 27.3 Å². The Balaban J connectivity index is 2.16. The predicted molar refractivity (Wildman–Crippen MR) is 110 cm³/mol. The molecule has 146 valence electrons. The molecule has 0 N–H and O–H groups in total. The number of carbonyl (C=O) groups excluding carboxylic acids is 2. The first-order valence-corrected chi connectivity index (χ1v) is 9.83. The number of rotatable bonds is 8. The van der Waals surface area contributed by atoms with Gasteiger partial charge in [-0.2, -0.15) is 0 Å². The van der Waals surface area contributed by atoms with Gasteiger partial charge in [-0.3, -0.25) is 14.5 Å². The minimum absolute atomic E-state index is 0.0217. The number of esters is 1. The zero-order valence-corrected chi connectivity index (χ0v) is 17.4. The Morgan fingerprint density at radius 2 is 2.07 bits per heavy atom. The van der Waals surface area contributed by atoms with Crippen molar-refractivity contribution < 1.29 is 23.8 Å². The Kier molecular flexibility index (Phi) is 7.67. The lowest BCUT2D eigenvalue weighted by molar-refractivity contribution is -0.146. The molecule has 0 unspecified atom stereocenters. The van der Waals surface area contributed by atoms with E-state index in [0.717, 1.165) is 23.7 Å². The normalized spacial score (nSPS) is 15.6. The molecular formula is C19H23NO5S2. The number of hydrogen-bond acceptors (Lipinski definition) is 7. The zero-order chi connectivity index (χ0) is 20.0. The van der Waals surface area contributed by atoms with Crippen LogP contribution in [-0.2, 0) is 14.3 Å². The maximum absolute atomic E-state index is 12.6. The summed E-state index contributed by atoms with van der Waals surface area (Å²) in [4.78, 5) is 26.1. The second-order valence-corrected chi connectivity index (χ2v) is 7.74. The lowest BCUT2D eigenvalue weighted by Gasteiger charge is -2.14. The van der Waals surface area contributed by atoms with Crippen molar-refractivity contribution in [2.75, 3.05) is 20.3 Å². The van der Waals surface area contributed by atoms with Crippen LogP contribution in [0.2, 0.25) is 0 Å². The number of thioether (sulfide) groups is 1. The van der Waals surface area contributed by atoms with Gasteiger partial charge >= 0.3 is 5.97 Å². The molecule has 0 saturated carbocycles. The number of hydrogen-bond donors (Lipinski definition) is 0. The van der Waals surface area contributed by atoms with Crippen LogP contribution in [0.4, 0.5) is 0 Å². The average Bonchev–Trinajstić information content (AvgIpc) is 2.88. The van der Waals surface area contributed by atoms with Gasteiger partial charge in [-0.05, 0) is 44.0 Å². The topological polar surface area (TPSA) is 65.1 Å². The van der Waals surface area contributed by atoms with Gasteiger partial charge in [-0.15, -0.1) is 0 Å². The summed E-state index contributed by atoms with van der Waals surface area (Å²) in [5.41, 5.74) is 0.775. The molecule has 0 radical (unpaired) electrons. The third kappa shape index (κ3) is 5.71. The van der Waals surface area contributed by atoms with Gasteiger partial charge in [0.15, 0.2) is 11.5 Å². The summed E-state index contributed by atoms with van der Waals surface area (Å²) in [5, 5.41) is 0. The number of ether oxygens (including phenoxy) is 3. The molecule has 1 aromatic rings. The molecule has 1 saturated heterocycles. The van der Waals surface area contributed by atoms with Crippen LogP contribution in [0.15, 0.2) is 23.1 Å². The van der Waals surface area contributed by atoms with E-state index in [9.17, 15) is 9.59 Å². The molecule has 27 heavy (non-hydrogen) atoms. The van der Waals surface area contributed by atoms with Crippen LogP contribution in [0, 0.1) is 0 Å². The van der Waals surface area contributed by atoms with Crippen molar-refractivity contribution in [2.24, 2.45) is 0 Å². The van der Waals surface area contributed by atoms with Crippen molar-refractivity contribution in [3.63, 3.8) is 0 Å². The van der Waals surface area contributed by atoms with Crippen LogP contribution in [0.1, 0.15) is 32.8 Å². The van der Waals surface area contributed by atoms with Crippen LogP contribution in [0.3, 0.4) is 0 Å². The third-order valence-corrected chi connectivity index (χ3v) is 4.85.